The number of anilines is 1. The van der Waals surface area contributed by atoms with Crippen LogP contribution < -0.4 is 5.32 Å². The largest absolute Gasteiger partial charge is 0.419 e. The number of amides is 1. The van der Waals surface area contributed by atoms with Crippen LogP contribution in [0.15, 0.2) is 28.7 Å². The monoisotopic (exact) mass is 445 g/mol. The maximum Gasteiger partial charge on any atom is 0.268 e. The van der Waals surface area contributed by atoms with Crippen LogP contribution in [0.5, 0.6) is 0 Å². The highest BCUT2D eigenvalue weighted by Crippen LogP contribution is 2.26. The maximum absolute atomic E-state index is 12.7. The Kier molecular flexibility index (Phi) is 4.67. The molecule has 3 N–H and O–H groups in total. The quantitative estimate of drug-likeness (QED) is 0.420. The van der Waals surface area contributed by atoms with Crippen LogP contribution in [0.2, 0.25) is 0 Å². The van der Waals surface area contributed by atoms with Crippen LogP contribution in [-0.4, -0.2) is 59.0 Å². The van der Waals surface area contributed by atoms with Crippen LogP contribution in [0.25, 0.3) is 11.6 Å². The summed E-state index contributed by atoms with van der Waals surface area (Å²) < 4.78 is 5.79. The molecule has 4 heterocycles. The number of aryl methyl sites for hydroxylation is 1. The number of aromatic amines is 2. The Balaban J connectivity index is 1.11. The number of carbonyl (C=O) groups excluding carboxylic acids is 1. The molecule has 11 heteroatoms. The van der Waals surface area contributed by atoms with Crippen LogP contribution in [-0.2, 0) is 37.0 Å². The summed E-state index contributed by atoms with van der Waals surface area (Å²) in [4.78, 5) is 22.3. The summed E-state index contributed by atoms with van der Waals surface area (Å²) in [6.45, 7) is 2.95. The molecule has 0 saturated heterocycles. The van der Waals surface area contributed by atoms with Gasteiger partial charge in [0.2, 0.25) is 17.7 Å². The number of nitrogens with one attached hydrogen (secondary N) is 3. The van der Waals surface area contributed by atoms with Gasteiger partial charge in [-0.1, -0.05) is 29.5 Å². The molecular formula is C22H23N9O2. The van der Waals surface area contributed by atoms with Gasteiger partial charge in [-0.2, -0.15) is 0 Å². The maximum atomic E-state index is 12.7. The SMILES string of the molecule is Cc1[nH]c(NC2Cc3ccccc3C2)nc1-c1nnc(CC(=O)N2CCc3[nH]nnc3C2)o1. The molecule has 168 valence electrons. The summed E-state index contributed by atoms with van der Waals surface area (Å²) in [5.74, 6) is 1.16. The number of rotatable bonds is 5. The van der Waals surface area contributed by atoms with E-state index in [-0.39, 0.29) is 24.3 Å². The molecule has 3 aromatic heterocycles. The van der Waals surface area contributed by atoms with Crippen molar-refractivity contribution in [3.63, 3.8) is 0 Å². The normalized spacial score (nSPS) is 15.5. The molecule has 0 bridgehead atoms. The van der Waals surface area contributed by atoms with Gasteiger partial charge in [-0.15, -0.1) is 15.3 Å². The molecule has 1 aliphatic carbocycles. The van der Waals surface area contributed by atoms with E-state index in [1.165, 1.54) is 11.1 Å². The first kappa shape index (κ1) is 19.6. The van der Waals surface area contributed by atoms with Gasteiger partial charge in [-0.25, -0.2) is 4.98 Å². The highest BCUT2D eigenvalue weighted by molar-refractivity contribution is 5.78. The predicted molar refractivity (Wildman–Crippen MR) is 117 cm³/mol. The predicted octanol–water partition coefficient (Wildman–Crippen LogP) is 1.59. The Morgan fingerprint density at radius 2 is 2.03 bits per heavy atom. The molecule has 4 aromatic rings. The van der Waals surface area contributed by atoms with Crippen molar-refractivity contribution in [1.29, 1.82) is 0 Å². The minimum absolute atomic E-state index is 0.0368. The number of fused-ring (bicyclic) bond motifs is 2. The van der Waals surface area contributed by atoms with E-state index >= 15 is 0 Å². The standard InChI is InChI=1S/C22H23N9O2/c1-12-20(25-22(23-12)24-15-8-13-4-2-3-5-14(13)9-15)21-29-28-18(33-21)10-19(32)31-7-6-16-17(11-31)27-30-26-16/h2-5,15H,6-11H2,1H3,(H2,23,24,25)(H,26,27,30). The summed E-state index contributed by atoms with van der Waals surface area (Å²) in [5.41, 5.74) is 5.95. The number of imidazole rings is 1. The third-order valence-corrected chi connectivity index (χ3v) is 6.28. The minimum atomic E-state index is -0.0826. The van der Waals surface area contributed by atoms with Crippen molar-refractivity contribution in [1.82, 2.24) is 40.5 Å². The molecular weight excluding hydrogens is 422 g/mol. The fourth-order valence-corrected chi connectivity index (χ4v) is 4.57. The number of H-pyrrole nitrogens is 2. The minimum Gasteiger partial charge on any atom is -0.419 e. The van der Waals surface area contributed by atoms with E-state index in [9.17, 15) is 4.79 Å². The lowest BCUT2D eigenvalue weighted by Gasteiger charge is -2.25. The summed E-state index contributed by atoms with van der Waals surface area (Å²) in [6.07, 6.45) is 2.67. The van der Waals surface area contributed by atoms with E-state index in [0.29, 0.717) is 37.0 Å². The lowest BCUT2D eigenvalue weighted by atomic mass is 10.1. The summed E-state index contributed by atoms with van der Waals surface area (Å²) in [6, 6.07) is 8.78. The lowest BCUT2D eigenvalue weighted by molar-refractivity contribution is -0.131. The number of hydrogen-bond donors (Lipinski definition) is 3. The molecule has 2 aliphatic rings. The summed E-state index contributed by atoms with van der Waals surface area (Å²) in [7, 11) is 0. The molecule has 0 radical (unpaired) electrons. The molecule has 6 rings (SSSR count). The van der Waals surface area contributed by atoms with Crippen molar-refractivity contribution in [3.05, 3.63) is 58.4 Å². The second kappa shape index (κ2) is 7.84. The van der Waals surface area contributed by atoms with Crippen LogP contribution >= 0.6 is 0 Å². The second-order valence-electron chi connectivity index (χ2n) is 8.56. The van der Waals surface area contributed by atoms with Gasteiger partial charge in [0.1, 0.15) is 12.1 Å². The van der Waals surface area contributed by atoms with E-state index in [2.05, 4.69) is 65.2 Å². The van der Waals surface area contributed by atoms with E-state index < -0.39 is 0 Å². The first-order valence-electron chi connectivity index (χ1n) is 11.0. The molecule has 1 aliphatic heterocycles. The van der Waals surface area contributed by atoms with Gasteiger partial charge in [0, 0.05) is 24.7 Å². The third kappa shape index (κ3) is 3.75. The topological polar surface area (TPSA) is 142 Å². The van der Waals surface area contributed by atoms with E-state index in [4.69, 9.17) is 4.42 Å². The second-order valence-corrected chi connectivity index (χ2v) is 8.56. The highest BCUT2D eigenvalue weighted by Gasteiger charge is 2.26. The van der Waals surface area contributed by atoms with Crippen LogP contribution in [0.1, 0.15) is 34.1 Å². The average molecular weight is 445 g/mol. The number of hydrogen-bond acceptors (Lipinski definition) is 8. The molecule has 0 fully saturated rings. The van der Waals surface area contributed by atoms with Crippen LogP contribution in [0.4, 0.5) is 5.95 Å². The van der Waals surface area contributed by atoms with Crippen LogP contribution in [0, 0.1) is 6.92 Å². The number of carbonyl (C=O) groups is 1. The zero-order valence-electron chi connectivity index (χ0n) is 18.1. The van der Waals surface area contributed by atoms with E-state index in [1.807, 2.05) is 6.92 Å². The van der Waals surface area contributed by atoms with Gasteiger partial charge in [-0.05, 0) is 30.9 Å². The van der Waals surface area contributed by atoms with Gasteiger partial charge in [0.05, 0.1) is 12.2 Å². The van der Waals surface area contributed by atoms with Gasteiger partial charge in [0.15, 0.2) is 5.69 Å². The van der Waals surface area contributed by atoms with E-state index in [1.54, 1.807) is 4.90 Å². The fraction of sp³-hybridized carbons (Fsp3) is 0.364. The average Bonchev–Trinajstić information content (AvgIpc) is 3.59. The molecule has 0 spiro atoms. The van der Waals surface area contributed by atoms with Gasteiger partial charge in [-0.3, -0.25) is 9.89 Å². The van der Waals surface area contributed by atoms with Gasteiger partial charge >= 0.3 is 0 Å². The highest BCUT2D eigenvalue weighted by atomic mass is 16.4. The first-order chi connectivity index (χ1) is 16.1. The Labute approximate surface area is 189 Å². The Hall–Kier alpha value is -4.02. The van der Waals surface area contributed by atoms with Crippen molar-refractivity contribution < 1.29 is 9.21 Å². The van der Waals surface area contributed by atoms with Crippen molar-refractivity contribution in [2.45, 2.75) is 45.2 Å². The molecule has 33 heavy (non-hydrogen) atoms. The number of benzene rings is 1. The number of nitrogens with zero attached hydrogens (tertiary/aromatic N) is 6. The van der Waals surface area contributed by atoms with Crippen molar-refractivity contribution >= 4 is 11.9 Å². The molecule has 1 amide bonds. The molecule has 0 unspecified atom stereocenters. The molecule has 11 nitrogen and oxygen atoms in total. The van der Waals surface area contributed by atoms with Crippen molar-refractivity contribution in [2.75, 3.05) is 11.9 Å². The van der Waals surface area contributed by atoms with Crippen LogP contribution in [0.3, 0.4) is 0 Å². The van der Waals surface area contributed by atoms with E-state index in [0.717, 1.165) is 29.9 Å². The molecule has 1 aromatic carbocycles. The van der Waals surface area contributed by atoms with Crippen molar-refractivity contribution in [2.24, 2.45) is 0 Å². The lowest BCUT2D eigenvalue weighted by Crippen LogP contribution is -2.37. The molecule has 0 atom stereocenters. The fourth-order valence-electron chi connectivity index (χ4n) is 4.57. The Morgan fingerprint density at radius 1 is 1.21 bits per heavy atom. The first-order valence-corrected chi connectivity index (χ1v) is 11.0. The summed E-state index contributed by atoms with van der Waals surface area (Å²) >= 11 is 0. The van der Waals surface area contributed by atoms with Gasteiger partial charge < -0.3 is 19.6 Å². The third-order valence-electron chi connectivity index (χ3n) is 6.28. The Bertz CT molecular complexity index is 1300. The van der Waals surface area contributed by atoms with Gasteiger partial charge in [0.25, 0.3) is 5.89 Å². The zero-order valence-corrected chi connectivity index (χ0v) is 18.1. The molecule has 0 saturated carbocycles. The zero-order chi connectivity index (χ0) is 22.4. The number of aromatic nitrogens is 7. The summed E-state index contributed by atoms with van der Waals surface area (Å²) in [5, 5.41) is 22.4. The van der Waals surface area contributed by atoms with Crippen molar-refractivity contribution in [3.8, 4) is 11.6 Å². The Morgan fingerprint density at radius 3 is 2.85 bits per heavy atom. The smallest absolute Gasteiger partial charge is 0.268 e.